The first kappa shape index (κ1) is 11.2. The zero-order chi connectivity index (χ0) is 11.1. The van der Waals surface area contributed by atoms with Crippen LogP contribution in [0.1, 0.15) is 17.0 Å². The van der Waals surface area contributed by atoms with Crippen LogP contribution in [0.5, 0.6) is 0 Å². The molecule has 1 aromatic rings. The van der Waals surface area contributed by atoms with Gasteiger partial charge in [0.25, 0.3) is 0 Å². The summed E-state index contributed by atoms with van der Waals surface area (Å²) in [7, 11) is 3.49. The Hall–Kier alpha value is -1.91. The van der Waals surface area contributed by atoms with Gasteiger partial charge in [-0.25, -0.2) is 4.98 Å². The van der Waals surface area contributed by atoms with Gasteiger partial charge in [-0.15, -0.1) is 0 Å². The van der Waals surface area contributed by atoms with Crippen LogP contribution in [0.15, 0.2) is 22.3 Å². The second kappa shape index (κ2) is 5.74. The first-order valence-electron chi connectivity index (χ1n) is 4.64. The zero-order valence-electron chi connectivity index (χ0n) is 9.15. The van der Waals surface area contributed by atoms with E-state index < -0.39 is 0 Å². The zero-order valence-corrected chi connectivity index (χ0v) is 9.15. The average molecular weight is 205 g/mol. The summed E-state index contributed by atoms with van der Waals surface area (Å²) < 4.78 is 0. The number of hydrogen-bond acceptors (Lipinski definition) is 5. The van der Waals surface area contributed by atoms with E-state index >= 15 is 0 Å². The van der Waals surface area contributed by atoms with Crippen LogP contribution >= 0.6 is 0 Å². The molecule has 5 heteroatoms. The van der Waals surface area contributed by atoms with E-state index in [1.807, 2.05) is 19.1 Å². The van der Waals surface area contributed by atoms with Gasteiger partial charge in [0.1, 0.15) is 0 Å². The second-order valence-electron chi connectivity index (χ2n) is 2.96. The molecule has 5 nitrogen and oxygen atoms in total. The Morgan fingerprint density at radius 2 is 1.53 bits per heavy atom. The van der Waals surface area contributed by atoms with Gasteiger partial charge in [-0.2, -0.15) is 10.2 Å². The van der Waals surface area contributed by atoms with Crippen LogP contribution in [0, 0.1) is 6.92 Å². The third-order valence-corrected chi connectivity index (χ3v) is 1.66. The average Bonchev–Trinajstić information content (AvgIpc) is 2.23. The highest BCUT2D eigenvalue weighted by atomic mass is 15.3. The van der Waals surface area contributed by atoms with E-state index in [-0.39, 0.29) is 0 Å². The Labute approximate surface area is 89.3 Å². The van der Waals surface area contributed by atoms with Gasteiger partial charge in [-0.1, -0.05) is 0 Å². The van der Waals surface area contributed by atoms with Crippen LogP contribution in [0.2, 0.25) is 0 Å². The molecule has 0 aliphatic rings. The first-order chi connectivity index (χ1) is 7.26. The van der Waals surface area contributed by atoms with Gasteiger partial charge >= 0.3 is 0 Å². The molecule has 0 bridgehead atoms. The molecule has 0 saturated carbocycles. The molecule has 0 atom stereocenters. The maximum atomic E-state index is 4.33. The SMILES string of the molecule is CNN=Cc1cc(C)cc(C=NNC)n1. The monoisotopic (exact) mass is 205 g/mol. The molecule has 0 spiro atoms. The van der Waals surface area contributed by atoms with Gasteiger partial charge in [0.15, 0.2) is 0 Å². The minimum atomic E-state index is 0.807. The summed E-state index contributed by atoms with van der Waals surface area (Å²) in [4.78, 5) is 4.33. The molecule has 0 aliphatic carbocycles. The summed E-state index contributed by atoms with van der Waals surface area (Å²) in [6.45, 7) is 2.01. The Morgan fingerprint density at radius 3 is 1.93 bits per heavy atom. The highest BCUT2D eigenvalue weighted by molar-refractivity contribution is 5.82. The van der Waals surface area contributed by atoms with E-state index in [4.69, 9.17) is 0 Å². The van der Waals surface area contributed by atoms with Crippen molar-refractivity contribution in [3.63, 3.8) is 0 Å². The van der Waals surface area contributed by atoms with E-state index in [1.54, 1.807) is 26.5 Å². The molecule has 1 rings (SSSR count). The third-order valence-electron chi connectivity index (χ3n) is 1.66. The number of aromatic nitrogens is 1. The lowest BCUT2D eigenvalue weighted by molar-refractivity contribution is 0.904. The fourth-order valence-electron chi connectivity index (χ4n) is 1.12. The molecule has 15 heavy (non-hydrogen) atoms. The number of nitrogens with one attached hydrogen (secondary N) is 2. The van der Waals surface area contributed by atoms with Gasteiger partial charge in [0, 0.05) is 14.1 Å². The van der Waals surface area contributed by atoms with Crippen molar-refractivity contribution in [1.82, 2.24) is 15.8 Å². The fraction of sp³-hybridized carbons (Fsp3) is 0.300. The van der Waals surface area contributed by atoms with Crippen LogP contribution < -0.4 is 10.9 Å². The topological polar surface area (TPSA) is 61.7 Å². The predicted molar refractivity (Wildman–Crippen MR) is 62.3 cm³/mol. The normalized spacial score (nSPS) is 11.1. The van der Waals surface area contributed by atoms with Gasteiger partial charge in [0.05, 0.1) is 23.8 Å². The number of hydrazone groups is 2. The molecule has 80 valence electrons. The minimum absolute atomic E-state index is 0.807. The van der Waals surface area contributed by atoms with E-state index in [9.17, 15) is 0 Å². The molecule has 0 saturated heterocycles. The van der Waals surface area contributed by atoms with Crippen molar-refractivity contribution in [3.8, 4) is 0 Å². The molecule has 0 amide bonds. The van der Waals surface area contributed by atoms with E-state index in [2.05, 4.69) is 26.0 Å². The highest BCUT2D eigenvalue weighted by Crippen LogP contribution is 2.01. The molecule has 1 aromatic heterocycles. The molecule has 0 fully saturated rings. The second-order valence-corrected chi connectivity index (χ2v) is 2.96. The lowest BCUT2D eigenvalue weighted by Gasteiger charge is -1.99. The van der Waals surface area contributed by atoms with Gasteiger partial charge in [0.2, 0.25) is 0 Å². The van der Waals surface area contributed by atoms with Crippen LogP contribution in [-0.4, -0.2) is 31.5 Å². The highest BCUT2D eigenvalue weighted by Gasteiger charge is 1.96. The van der Waals surface area contributed by atoms with E-state index in [1.165, 1.54) is 0 Å². The van der Waals surface area contributed by atoms with E-state index in [0.717, 1.165) is 17.0 Å². The summed E-state index contributed by atoms with van der Waals surface area (Å²) in [5.41, 5.74) is 8.10. The largest absolute Gasteiger partial charge is 0.313 e. The van der Waals surface area contributed by atoms with Crippen LogP contribution in [0.3, 0.4) is 0 Å². The molecular formula is C10H15N5. The van der Waals surface area contributed by atoms with E-state index in [0.29, 0.717) is 0 Å². The van der Waals surface area contributed by atoms with Crippen molar-refractivity contribution in [3.05, 3.63) is 29.1 Å². The number of aryl methyl sites for hydroxylation is 1. The van der Waals surface area contributed by atoms with Gasteiger partial charge in [-0.05, 0) is 24.6 Å². The molecule has 0 aromatic carbocycles. The first-order valence-corrected chi connectivity index (χ1v) is 4.64. The summed E-state index contributed by atoms with van der Waals surface area (Å²) in [5.74, 6) is 0. The predicted octanol–water partition coefficient (Wildman–Crippen LogP) is 0.497. The standard InChI is InChI=1S/C10H15N5/c1-8-4-9(6-13-11-2)15-10(5-8)7-14-12-3/h4-7,11-12H,1-3H3. The minimum Gasteiger partial charge on any atom is -0.313 e. The molecule has 0 radical (unpaired) electrons. The van der Waals surface area contributed by atoms with Crippen LogP contribution in [-0.2, 0) is 0 Å². The number of rotatable bonds is 4. The molecular weight excluding hydrogens is 190 g/mol. The molecule has 0 aliphatic heterocycles. The molecule has 1 heterocycles. The molecule has 0 unspecified atom stereocenters. The fourth-order valence-corrected chi connectivity index (χ4v) is 1.12. The van der Waals surface area contributed by atoms with Crippen molar-refractivity contribution in [1.29, 1.82) is 0 Å². The summed E-state index contributed by atoms with van der Waals surface area (Å²) in [6, 6.07) is 3.91. The smallest absolute Gasteiger partial charge is 0.0840 e. The lowest BCUT2D eigenvalue weighted by atomic mass is 10.2. The van der Waals surface area contributed by atoms with Crippen molar-refractivity contribution in [2.75, 3.05) is 14.1 Å². The van der Waals surface area contributed by atoms with Crippen molar-refractivity contribution in [2.45, 2.75) is 6.92 Å². The van der Waals surface area contributed by atoms with Gasteiger partial charge in [-0.3, -0.25) is 0 Å². The number of nitrogens with zero attached hydrogens (tertiary/aromatic N) is 3. The quantitative estimate of drug-likeness (QED) is 0.555. The number of hydrogen-bond donors (Lipinski definition) is 2. The Bertz CT molecular complexity index is 338. The van der Waals surface area contributed by atoms with Crippen LogP contribution in [0.25, 0.3) is 0 Å². The Kier molecular flexibility index (Phi) is 4.28. The van der Waals surface area contributed by atoms with Crippen molar-refractivity contribution >= 4 is 12.4 Å². The Morgan fingerprint density at radius 1 is 1.07 bits per heavy atom. The maximum absolute atomic E-state index is 4.33. The lowest BCUT2D eigenvalue weighted by Crippen LogP contribution is -2.01. The van der Waals surface area contributed by atoms with Crippen LogP contribution in [0.4, 0.5) is 0 Å². The summed E-state index contributed by atoms with van der Waals surface area (Å²) in [5, 5.41) is 7.81. The molecule has 2 N–H and O–H groups in total. The van der Waals surface area contributed by atoms with Crippen molar-refractivity contribution in [2.24, 2.45) is 10.2 Å². The summed E-state index contributed by atoms with van der Waals surface area (Å²) in [6.07, 6.45) is 3.34. The maximum Gasteiger partial charge on any atom is 0.0840 e. The summed E-state index contributed by atoms with van der Waals surface area (Å²) >= 11 is 0. The third kappa shape index (κ3) is 3.76. The van der Waals surface area contributed by atoms with Gasteiger partial charge < -0.3 is 10.9 Å². The Balaban J connectivity index is 2.94. The van der Waals surface area contributed by atoms with Crippen molar-refractivity contribution < 1.29 is 0 Å². The number of pyridine rings is 1.